The molecule has 1 N–H and O–H groups in total. The van der Waals surface area contributed by atoms with Crippen molar-refractivity contribution in [1.29, 1.82) is 0 Å². The molecule has 114 valence electrons. The summed E-state index contributed by atoms with van der Waals surface area (Å²) in [5.74, 6) is -0.405. The molecule has 1 saturated heterocycles. The molecule has 2 amide bonds. The molecule has 1 aliphatic rings. The van der Waals surface area contributed by atoms with E-state index in [1.807, 2.05) is 0 Å². The molecule has 1 aromatic carbocycles. The Kier molecular flexibility index (Phi) is 4.16. The van der Waals surface area contributed by atoms with Gasteiger partial charge in [-0.3, -0.25) is 9.59 Å². The van der Waals surface area contributed by atoms with Gasteiger partial charge in [-0.1, -0.05) is 0 Å². The summed E-state index contributed by atoms with van der Waals surface area (Å²) in [4.78, 5) is 25.7. The Morgan fingerprint density at radius 1 is 1.38 bits per heavy atom. The third-order valence-corrected chi connectivity index (χ3v) is 3.46. The van der Waals surface area contributed by atoms with E-state index < -0.39 is 11.6 Å². The molecule has 1 heterocycles. The van der Waals surface area contributed by atoms with Gasteiger partial charge in [-0.2, -0.15) is 0 Å². The SMILES string of the molecule is CC1C(=O)NCCN1C(=O)C(C)(C)Oc1ccc(F)cc1. The van der Waals surface area contributed by atoms with Crippen LogP contribution in [0, 0.1) is 5.82 Å². The first-order chi connectivity index (χ1) is 9.81. The number of nitrogens with one attached hydrogen (secondary N) is 1. The van der Waals surface area contributed by atoms with Gasteiger partial charge in [0, 0.05) is 13.1 Å². The number of carbonyl (C=O) groups excluding carboxylic acids is 2. The number of ether oxygens (including phenoxy) is 1. The maximum absolute atomic E-state index is 12.9. The lowest BCUT2D eigenvalue weighted by molar-refractivity contribution is -0.153. The van der Waals surface area contributed by atoms with Gasteiger partial charge in [-0.25, -0.2) is 4.39 Å². The second kappa shape index (κ2) is 5.71. The predicted molar refractivity (Wildman–Crippen MR) is 75.3 cm³/mol. The highest BCUT2D eigenvalue weighted by Gasteiger charge is 2.39. The summed E-state index contributed by atoms with van der Waals surface area (Å²) in [6.45, 7) is 5.83. The molecule has 2 rings (SSSR count). The van der Waals surface area contributed by atoms with E-state index in [2.05, 4.69) is 5.32 Å². The molecular weight excluding hydrogens is 275 g/mol. The van der Waals surface area contributed by atoms with Gasteiger partial charge < -0.3 is 15.0 Å². The van der Waals surface area contributed by atoms with Crippen LogP contribution in [0.3, 0.4) is 0 Å². The fourth-order valence-corrected chi connectivity index (χ4v) is 2.25. The molecule has 0 aliphatic carbocycles. The summed E-state index contributed by atoms with van der Waals surface area (Å²) in [5.41, 5.74) is -1.14. The van der Waals surface area contributed by atoms with Crippen molar-refractivity contribution in [3.05, 3.63) is 30.1 Å². The van der Waals surface area contributed by atoms with Crippen molar-refractivity contribution < 1.29 is 18.7 Å². The molecule has 0 spiro atoms. The molecule has 1 aromatic rings. The average molecular weight is 294 g/mol. The lowest BCUT2D eigenvalue weighted by Gasteiger charge is -2.38. The van der Waals surface area contributed by atoms with Gasteiger partial charge in [0.15, 0.2) is 5.60 Å². The van der Waals surface area contributed by atoms with E-state index in [0.29, 0.717) is 18.8 Å². The number of amides is 2. The zero-order chi connectivity index (χ0) is 15.6. The Balaban J connectivity index is 2.12. The fourth-order valence-electron chi connectivity index (χ4n) is 2.25. The largest absolute Gasteiger partial charge is 0.478 e. The third kappa shape index (κ3) is 3.32. The maximum atomic E-state index is 12.9. The van der Waals surface area contributed by atoms with E-state index in [1.165, 1.54) is 29.2 Å². The lowest BCUT2D eigenvalue weighted by atomic mass is 10.0. The number of rotatable bonds is 3. The Labute approximate surface area is 123 Å². The molecule has 0 radical (unpaired) electrons. The van der Waals surface area contributed by atoms with Crippen LogP contribution in [0.2, 0.25) is 0 Å². The van der Waals surface area contributed by atoms with Crippen LogP contribution in [-0.4, -0.2) is 41.4 Å². The smallest absolute Gasteiger partial charge is 0.266 e. The Hall–Kier alpha value is -2.11. The van der Waals surface area contributed by atoms with Crippen LogP contribution in [-0.2, 0) is 9.59 Å². The number of halogens is 1. The van der Waals surface area contributed by atoms with Crippen LogP contribution >= 0.6 is 0 Å². The van der Waals surface area contributed by atoms with Gasteiger partial charge in [-0.05, 0) is 45.0 Å². The van der Waals surface area contributed by atoms with Gasteiger partial charge >= 0.3 is 0 Å². The quantitative estimate of drug-likeness (QED) is 0.915. The maximum Gasteiger partial charge on any atom is 0.266 e. The highest BCUT2D eigenvalue weighted by Crippen LogP contribution is 2.22. The topological polar surface area (TPSA) is 58.6 Å². The molecule has 1 aliphatic heterocycles. The number of piperazine rings is 1. The molecule has 0 bridgehead atoms. The number of hydrogen-bond donors (Lipinski definition) is 1. The van der Waals surface area contributed by atoms with E-state index >= 15 is 0 Å². The van der Waals surface area contributed by atoms with Crippen molar-refractivity contribution >= 4 is 11.8 Å². The van der Waals surface area contributed by atoms with E-state index in [1.54, 1.807) is 20.8 Å². The van der Waals surface area contributed by atoms with Gasteiger partial charge in [0.1, 0.15) is 17.6 Å². The second-order valence-electron chi connectivity index (χ2n) is 5.53. The first-order valence-corrected chi connectivity index (χ1v) is 6.84. The van der Waals surface area contributed by atoms with E-state index in [0.717, 1.165) is 0 Å². The lowest BCUT2D eigenvalue weighted by Crippen LogP contribution is -2.60. The normalized spacial score (nSPS) is 19.1. The first-order valence-electron chi connectivity index (χ1n) is 6.84. The standard InChI is InChI=1S/C15H19FN2O3/c1-10-13(19)17-8-9-18(10)14(20)15(2,3)21-12-6-4-11(16)5-7-12/h4-7,10H,8-9H2,1-3H3,(H,17,19). The molecular formula is C15H19FN2O3. The molecule has 6 heteroatoms. The van der Waals surface area contributed by atoms with Crippen LogP contribution in [0.1, 0.15) is 20.8 Å². The zero-order valence-electron chi connectivity index (χ0n) is 12.4. The first kappa shape index (κ1) is 15.3. The monoisotopic (exact) mass is 294 g/mol. The minimum absolute atomic E-state index is 0.174. The van der Waals surface area contributed by atoms with Crippen molar-refractivity contribution in [1.82, 2.24) is 10.2 Å². The summed E-state index contributed by atoms with van der Waals surface area (Å²) in [6, 6.07) is 4.95. The fraction of sp³-hybridized carbons (Fsp3) is 0.467. The van der Waals surface area contributed by atoms with Crippen LogP contribution in [0.25, 0.3) is 0 Å². The van der Waals surface area contributed by atoms with Gasteiger partial charge in [0.25, 0.3) is 5.91 Å². The molecule has 0 aromatic heterocycles. The van der Waals surface area contributed by atoms with Gasteiger partial charge in [0.05, 0.1) is 0 Å². The van der Waals surface area contributed by atoms with E-state index in [-0.39, 0.29) is 17.6 Å². The number of benzene rings is 1. The van der Waals surface area contributed by atoms with Crippen molar-refractivity contribution in [2.75, 3.05) is 13.1 Å². The summed E-state index contributed by atoms with van der Waals surface area (Å²) in [5, 5.41) is 2.71. The Morgan fingerprint density at radius 2 is 2.00 bits per heavy atom. The molecule has 5 nitrogen and oxygen atoms in total. The summed E-state index contributed by atoms with van der Waals surface area (Å²) < 4.78 is 18.6. The van der Waals surface area contributed by atoms with E-state index in [4.69, 9.17) is 4.74 Å². The summed E-state index contributed by atoms with van der Waals surface area (Å²) >= 11 is 0. The minimum Gasteiger partial charge on any atom is -0.478 e. The van der Waals surface area contributed by atoms with Gasteiger partial charge in [0.2, 0.25) is 5.91 Å². The van der Waals surface area contributed by atoms with Crippen molar-refractivity contribution in [3.63, 3.8) is 0 Å². The van der Waals surface area contributed by atoms with Crippen molar-refractivity contribution in [2.24, 2.45) is 0 Å². The average Bonchev–Trinajstić information content (AvgIpc) is 2.43. The molecule has 1 fully saturated rings. The molecule has 1 atom stereocenters. The molecule has 1 unspecified atom stereocenters. The van der Waals surface area contributed by atoms with Crippen LogP contribution in [0.4, 0.5) is 4.39 Å². The van der Waals surface area contributed by atoms with Gasteiger partial charge in [-0.15, -0.1) is 0 Å². The zero-order valence-corrected chi connectivity index (χ0v) is 12.4. The summed E-state index contributed by atoms with van der Waals surface area (Å²) in [7, 11) is 0. The van der Waals surface area contributed by atoms with Crippen molar-refractivity contribution in [3.8, 4) is 5.75 Å². The highest BCUT2D eigenvalue weighted by atomic mass is 19.1. The van der Waals surface area contributed by atoms with Crippen LogP contribution < -0.4 is 10.1 Å². The Bertz CT molecular complexity index is 542. The van der Waals surface area contributed by atoms with E-state index in [9.17, 15) is 14.0 Å². The molecule has 21 heavy (non-hydrogen) atoms. The highest BCUT2D eigenvalue weighted by molar-refractivity contribution is 5.92. The van der Waals surface area contributed by atoms with Crippen LogP contribution in [0.15, 0.2) is 24.3 Å². The summed E-state index contributed by atoms with van der Waals surface area (Å²) in [6.07, 6.45) is 0. The number of nitrogens with zero attached hydrogens (tertiary/aromatic N) is 1. The number of carbonyl (C=O) groups is 2. The molecule has 0 saturated carbocycles. The third-order valence-electron chi connectivity index (χ3n) is 3.46. The predicted octanol–water partition coefficient (Wildman–Crippen LogP) is 1.33. The van der Waals surface area contributed by atoms with Crippen LogP contribution in [0.5, 0.6) is 5.75 Å². The minimum atomic E-state index is -1.14. The second-order valence-corrected chi connectivity index (χ2v) is 5.53. The number of hydrogen-bond acceptors (Lipinski definition) is 3. The van der Waals surface area contributed by atoms with Crippen molar-refractivity contribution in [2.45, 2.75) is 32.4 Å². The Morgan fingerprint density at radius 3 is 2.62 bits per heavy atom.